The number of sulfonamides is 1. The van der Waals surface area contributed by atoms with Crippen LogP contribution in [0.4, 0.5) is 0 Å². The van der Waals surface area contributed by atoms with E-state index in [1.807, 2.05) is 18.2 Å². The van der Waals surface area contributed by atoms with Crippen LogP contribution in [-0.4, -0.2) is 15.0 Å². The minimum atomic E-state index is -3.46. The van der Waals surface area contributed by atoms with Crippen molar-refractivity contribution in [1.29, 1.82) is 0 Å². The van der Waals surface area contributed by atoms with Crippen molar-refractivity contribution in [2.75, 3.05) is 6.54 Å². The molecule has 0 aliphatic heterocycles. The highest BCUT2D eigenvalue weighted by atomic mass is 35.5. The Morgan fingerprint density at radius 1 is 0.952 bits per heavy atom. The lowest BCUT2D eigenvalue weighted by Crippen LogP contribution is -2.24. The normalized spacial score (nSPS) is 11.5. The Hall–Kier alpha value is -1.36. The molecule has 0 unspecified atom stereocenters. The standard InChI is InChI=1S/C16H18ClNO2S/c17-15-10-6-11-16(13-15)21(19,20)18-12-5-4-9-14-7-2-1-3-8-14/h1-3,6-8,10-11,13,18H,4-5,9,12H2. The number of hydrogen-bond acceptors (Lipinski definition) is 2. The molecule has 0 saturated heterocycles. The molecule has 21 heavy (non-hydrogen) atoms. The lowest BCUT2D eigenvalue weighted by atomic mass is 10.1. The van der Waals surface area contributed by atoms with Gasteiger partial charge in [0.1, 0.15) is 0 Å². The summed E-state index contributed by atoms with van der Waals surface area (Å²) in [6.45, 7) is 0.432. The maximum Gasteiger partial charge on any atom is 0.240 e. The van der Waals surface area contributed by atoms with Crippen LogP contribution in [0.3, 0.4) is 0 Å². The second-order valence-electron chi connectivity index (χ2n) is 4.80. The number of nitrogens with one attached hydrogen (secondary N) is 1. The van der Waals surface area contributed by atoms with Crippen LogP contribution >= 0.6 is 11.6 Å². The summed E-state index contributed by atoms with van der Waals surface area (Å²) >= 11 is 5.81. The summed E-state index contributed by atoms with van der Waals surface area (Å²) in [5.74, 6) is 0. The Labute approximate surface area is 131 Å². The van der Waals surface area contributed by atoms with Gasteiger partial charge in [-0.1, -0.05) is 48.0 Å². The molecular formula is C16H18ClNO2S. The predicted molar refractivity (Wildman–Crippen MR) is 86.0 cm³/mol. The van der Waals surface area contributed by atoms with Crippen molar-refractivity contribution >= 4 is 21.6 Å². The maximum absolute atomic E-state index is 12.0. The first kappa shape index (κ1) is 16.0. The summed E-state index contributed by atoms with van der Waals surface area (Å²) in [6.07, 6.45) is 2.70. The van der Waals surface area contributed by atoms with Crippen molar-refractivity contribution in [3.63, 3.8) is 0 Å². The Kier molecular flexibility index (Phi) is 5.79. The zero-order valence-electron chi connectivity index (χ0n) is 11.6. The molecule has 0 heterocycles. The quantitative estimate of drug-likeness (QED) is 0.791. The Morgan fingerprint density at radius 2 is 1.71 bits per heavy atom. The molecule has 0 atom stereocenters. The maximum atomic E-state index is 12.0. The lowest BCUT2D eigenvalue weighted by Gasteiger charge is -2.07. The van der Waals surface area contributed by atoms with Crippen LogP contribution in [0.2, 0.25) is 5.02 Å². The van der Waals surface area contributed by atoms with Gasteiger partial charge in [-0.25, -0.2) is 13.1 Å². The molecule has 1 N–H and O–H groups in total. The average Bonchev–Trinajstić information content (AvgIpc) is 2.48. The molecule has 2 aromatic rings. The van der Waals surface area contributed by atoms with Crippen LogP contribution in [0.25, 0.3) is 0 Å². The molecule has 0 radical (unpaired) electrons. The van der Waals surface area contributed by atoms with Crippen LogP contribution in [0.1, 0.15) is 18.4 Å². The topological polar surface area (TPSA) is 46.2 Å². The second kappa shape index (κ2) is 7.59. The van der Waals surface area contributed by atoms with E-state index in [4.69, 9.17) is 11.6 Å². The van der Waals surface area contributed by atoms with Gasteiger partial charge < -0.3 is 0 Å². The molecule has 0 aliphatic rings. The van der Waals surface area contributed by atoms with Gasteiger partial charge >= 0.3 is 0 Å². The van der Waals surface area contributed by atoms with E-state index in [1.54, 1.807) is 12.1 Å². The van der Waals surface area contributed by atoms with Gasteiger partial charge in [0.05, 0.1) is 4.90 Å². The van der Waals surface area contributed by atoms with Gasteiger partial charge in [0, 0.05) is 11.6 Å². The molecule has 3 nitrogen and oxygen atoms in total. The minimum absolute atomic E-state index is 0.207. The predicted octanol–water partition coefficient (Wildman–Crippen LogP) is 3.64. The summed E-state index contributed by atoms with van der Waals surface area (Å²) in [5, 5.41) is 0.418. The second-order valence-corrected chi connectivity index (χ2v) is 7.00. The van der Waals surface area contributed by atoms with E-state index in [9.17, 15) is 8.42 Å². The Bertz CT molecular complexity index is 672. The van der Waals surface area contributed by atoms with E-state index in [2.05, 4.69) is 16.9 Å². The number of benzene rings is 2. The van der Waals surface area contributed by atoms with Crippen LogP contribution in [-0.2, 0) is 16.4 Å². The zero-order chi connectivity index (χ0) is 15.1. The molecule has 0 amide bonds. The van der Waals surface area contributed by atoms with Crippen molar-refractivity contribution in [2.45, 2.75) is 24.2 Å². The number of rotatable bonds is 7. The molecule has 0 saturated carbocycles. The smallest absolute Gasteiger partial charge is 0.211 e. The van der Waals surface area contributed by atoms with Crippen LogP contribution in [0, 0.1) is 0 Å². The molecule has 112 valence electrons. The highest BCUT2D eigenvalue weighted by molar-refractivity contribution is 7.89. The largest absolute Gasteiger partial charge is 0.240 e. The molecule has 0 aliphatic carbocycles. The molecule has 2 rings (SSSR count). The SMILES string of the molecule is O=S(=O)(NCCCCc1ccccc1)c1cccc(Cl)c1. The fourth-order valence-electron chi connectivity index (χ4n) is 2.02. The zero-order valence-corrected chi connectivity index (χ0v) is 13.2. The van der Waals surface area contributed by atoms with Crippen molar-refractivity contribution < 1.29 is 8.42 Å². The number of unbranched alkanes of at least 4 members (excludes halogenated alkanes) is 1. The van der Waals surface area contributed by atoms with Gasteiger partial charge in [-0.05, 0) is 43.0 Å². The summed E-state index contributed by atoms with van der Waals surface area (Å²) in [7, 11) is -3.46. The summed E-state index contributed by atoms with van der Waals surface area (Å²) < 4.78 is 26.7. The van der Waals surface area contributed by atoms with Gasteiger partial charge in [0.2, 0.25) is 10.0 Å². The van der Waals surface area contributed by atoms with Gasteiger partial charge in [-0.3, -0.25) is 0 Å². The van der Waals surface area contributed by atoms with Crippen molar-refractivity contribution in [3.8, 4) is 0 Å². The molecule has 0 spiro atoms. The van der Waals surface area contributed by atoms with Gasteiger partial charge in [-0.2, -0.15) is 0 Å². The Morgan fingerprint density at radius 3 is 2.43 bits per heavy atom. The van der Waals surface area contributed by atoms with E-state index in [0.717, 1.165) is 19.3 Å². The van der Waals surface area contributed by atoms with Crippen molar-refractivity contribution in [1.82, 2.24) is 4.72 Å². The van der Waals surface area contributed by atoms with E-state index in [1.165, 1.54) is 17.7 Å². The molecule has 0 aromatic heterocycles. The van der Waals surface area contributed by atoms with Crippen LogP contribution in [0.5, 0.6) is 0 Å². The number of hydrogen-bond donors (Lipinski definition) is 1. The highest BCUT2D eigenvalue weighted by Gasteiger charge is 2.13. The Balaban J connectivity index is 1.78. The fourth-order valence-corrected chi connectivity index (χ4v) is 3.40. The van der Waals surface area contributed by atoms with E-state index in [0.29, 0.717) is 11.6 Å². The van der Waals surface area contributed by atoms with Crippen LogP contribution in [0.15, 0.2) is 59.5 Å². The fraction of sp³-hybridized carbons (Fsp3) is 0.250. The van der Waals surface area contributed by atoms with E-state index < -0.39 is 10.0 Å². The van der Waals surface area contributed by atoms with E-state index >= 15 is 0 Å². The first-order valence-electron chi connectivity index (χ1n) is 6.87. The molecule has 0 bridgehead atoms. The van der Waals surface area contributed by atoms with Gasteiger partial charge in [-0.15, -0.1) is 0 Å². The summed E-state index contributed by atoms with van der Waals surface area (Å²) in [5.41, 5.74) is 1.27. The molecule has 0 fully saturated rings. The number of aryl methyl sites for hydroxylation is 1. The van der Waals surface area contributed by atoms with Gasteiger partial charge in [0.15, 0.2) is 0 Å². The lowest BCUT2D eigenvalue weighted by molar-refractivity contribution is 0.576. The average molecular weight is 324 g/mol. The molecule has 2 aromatic carbocycles. The first-order valence-corrected chi connectivity index (χ1v) is 8.73. The van der Waals surface area contributed by atoms with Crippen molar-refractivity contribution in [2.24, 2.45) is 0 Å². The monoisotopic (exact) mass is 323 g/mol. The number of halogens is 1. The van der Waals surface area contributed by atoms with Crippen LogP contribution < -0.4 is 4.72 Å². The molecular weight excluding hydrogens is 306 g/mol. The third kappa shape index (κ3) is 5.16. The van der Waals surface area contributed by atoms with Crippen molar-refractivity contribution in [3.05, 3.63) is 65.2 Å². The third-order valence-corrected chi connectivity index (χ3v) is 4.83. The van der Waals surface area contributed by atoms with Gasteiger partial charge in [0.25, 0.3) is 0 Å². The molecule has 5 heteroatoms. The van der Waals surface area contributed by atoms with E-state index in [-0.39, 0.29) is 4.90 Å². The summed E-state index contributed by atoms with van der Waals surface area (Å²) in [4.78, 5) is 0.207. The third-order valence-electron chi connectivity index (χ3n) is 3.13. The first-order chi connectivity index (χ1) is 10.1. The summed E-state index contributed by atoms with van der Waals surface area (Å²) in [6, 6.07) is 16.4. The minimum Gasteiger partial charge on any atom is -0.211 e. The highest BCUT2D eigenvalue weighted by Crippen LogP contribution is 2.15.